The van der Waals surface area contributed by atoms with Crippen molar-refractivity contribution in [3.63, 3.8) is 0 Å². The second-order valence-corrected chi connectivity index (χ2v) is 3.10. The summed E-state index contributed by atoms with van der Waals surface area (Å²) >= 11 is 0. The van der Waals surface area contributed by atoms with Crippen LogP contribution in [0.5, 0.6) is 0 Å². The number of hydrogen-bond acceptors (Lipinski definition) is 2. The molecule has 0 radical (unpaired) electrons. The summed E-state index contributed by atoms with van der Waals surface area (Å²) in [6.45, 7) is 3.75. The van der Waals surface area contributed by atoms with Crippen LogP contribution in [0.3, 0.4) is 0 Å². The Morgan fingerprint density at radius 3 is 2.54 bits per heavy atom. The van der Waals surface area contributed by atoms with Gasteiger partial charge in [0.05, 0.1) is 0 Å². The molecule has 13 heavy (non-hydrogen) atoms. The first kappa shape index (κ1) is 15.3. The zero-order valence-electron chi connectivity index (χ0n) is 7.87. The van der Waals surface area contributed by atoms with E-state index in [9.17, 15) is 0 Å². The molecule has 0 aromatic carbocycles. The van der Waals surface area contributed by atoms with E-state index < -0.39 is 5.54 Å². The van der Waals surface area contributed by atoms with E-state index in [4.69, 9.17) is 11.1 Å². The van der Waals surface area contributed by atoms with Gasteiger partial charge >= 0.3 is 5.54 Å². The molecular formula is C8H12ClN3Zn. The van der Waals surface area contributed by atoms with Gasteiger partial charge in [0.2, 0.25) is 5.39 Å². The molecule has 1 aliphatic carbocycles. The maximum atomic E-state index is 8.67. The molecule has 1 aliphatic rings. The predicted octanol–water partition coefficient (Wildman–Crippen LogP) is -1.56. The normalized spacial score (nSPS) is 30.6. The number of diazo groups is 1. The first-order chi connectivity index (χ1) is 5.08. The molecule has 1 rings (SSSR count). The minimum atomic E-state index is -0.639. The molecule has 0 spiro atoms. The van der Waals surface area contributed by atoms with Gasteiger partial charge in [-0.3, -0.25) is 0 Å². The summed E-state index contributed by atoms with van der Waals surface area (Å²) in [5.41, 5.74) is 6.20. The van der Waals surface area contributed by atoms with E-state index in [2.05, 4.69) is 4.98 Å². The van der Waals surface area contributed by atoms with E-state index in [1.165, 1.54) is 0 Å². The maximum absolute atomic E-state index is 8.67. The van der Waals surface area contributed by atoms with Crippen LogP contribution in [-0.4, -0.2) is 11.6 Å². The minimum absolute atomic E-state index is 0. The van der Waals surface area contributed by atoms with Crippen LogP contribution < -0.4 is 18.1 Å². The van der Waals surface area contributed by atoms with Gasteiger partial charge in [-0.15, -0.1) is 0 Å². The van der Waals surface area contributed by atoms with E-state index in [1.807, 2.05) is 25.2 Å². The Bertz CT molecular complexity index is 269. The Balaban J connectivity index is 0. The van der Waals surface area contributed by atoms with Crippen molar-refractivity contribution in [2.45, 2.75) is 25.4 Å². The Hall–Kier alpha value is -0.227. The molecule has 0 bridgehead atoms. The Morgan fingerprint density at radius 1 is 1.62 bits per heavy atom. The molecule has 0 saturated carbocycles. The van der Waals surface area contributed by atoms with Gasteiger partial charge in [0.1, 0.15) is 11.0 Å². The average molecular weight is 251 g/mol. The summed E-state index contributed by atoms with van der Waals surface area (Å²) < 4.78 is 0. The van der Waals surface area contributed by atoms with Crippen LogP contribution in [0.15, 0.2) is 23.8 Å². The molecule has 0 fully saturated rings. The van der Waals surface area contributed by atoms with Crippen molar-refractivity contribution >= 4 is 0 Å². The molecule has 2 atom stereocenters. The number of nitrogens with two attached hydrogens (primary N) is 1. The Kier molecular flexibility index (Phi) is 6.44. The number of nitrogens with zero attached hydrogens (tertiary/aromatic N) is 2. The van der Waals surface area contributed by atoms with E-state index in [0.29, 0.717) is 0 Å². The second kappa shape index (κ2) is 5.49. The first-order valence-electron chi connectivity index (χ1n) is 3.58. The molecule has 0 aromatic heterocycles. The van der Waals surface area contributed by atoms with Gasteiger partial charge in [-0.2, -0.15) is 0 Å². The SMILES string of the molecule is CC1=CC(N)C(C)([N+]#N)C=C1.[Cl-].[Zn]. The van der Waals surface area contributed by atoms with Gasteiger partial charge in [-0.1, -0.05) is 17.7 Å². The van der Waals surface area contributed by atoms with Crippen LogP contribution in [-0.2, 0) is 19.5 Å². The fourth-order valence-corrected chi connectivity index (χ4v) is 1.02. The Morgan fingerprint density at radius 2 is 2.15 bits per heavy atom. The molecule has 2 N–H and O–H groups in total. The summed E-state index contributed by atoms with van der Waals surface area (Å²) in [4.78, 5) is 3.24. The van der Waals surface area contributed by atoms with Gasteiger partial charge < -0.3 is 18.1 Å². The van der Waals surface area contributed by atoms with Crippen LogP contribution in [0.25, 0.3) is 4.98 Å². The van der Waals surface area contributed by atoms with Crippen molar-refractivity contribution in [3.05, 3.63) is 28.8 Å². The smallest absolute Gasteiger partial charge is 0.356 e. The molecule has 68 valence electrons. The third kappa shape index (κ3) is 3.19. The standard InChI is InChI=1S/C8H12N3.ClH.Zn/c1-6-3-4-8(2,11-10)7(9)5-6;;/h3-5,7H,9H2,1-2H3;1H;/q+1;;/p-1. The molecule has 0 amide bonds. The maximum Gasteiger partial charge on any atom is 0.356 e. The number of halogens is 1. The van der Waals surface area contributed by atoms with Crippen LogP contribution >= 0.6 is 0 Å². The van der Waals surface area contributed by atoms with Crippen molar-refractivity contribution in [3.8, 4) is 0 Å². The van der Waals surface area contributed by atoms with Gasteiger partial charge in [0.25, 0.3) is 0 Å². The molecule has 0 aromatic rings. The summed E-state index contributed by atoms with van der Waals surface area (Å²) in [6, 6.07) is -0.225. The number of rotatable bonds is 0. The van der Waals surface area contributed by atoms with Gasteiger partial charge in [0, 0.05) is 32.5 Å². The molecule has 0 heterocycles. The molecule has 3 nitrogen and oxygen atoms in total. The van der Waals surface area contributed by atoms with Gasteiger partial charge in [0.15, 0.2) is 0 Å². The molecule has 0 saturated heterocycles. The van der Waals surface area contributed by atoms with Crippen LogP contribution in [0.4, 0.5) is 0 Å². The van der Waals surface area contributed by atoms with E-state index in [0.717, 1.165) is 5.57 Å². The van der Waals surface area contributed by atoms with E-state index in [-0.39, 0.29) is 37.9 Å². The number of hydrogen-bond donors (Lipinski definition) is 1. The molecule has 5 heteroatoms. The third-order valence-electron chi connectivity index (χ3n) is 2.02. The summed E-state index contributed by atoms with van der Waals surface area (Å²) in [6.07, 6.45) is 5.61. The van der Waals surface area contributed by atoms with Crippen molar-refractivity contribution in [1.29, 1.82) is 5.39 Å². The van der Waals surface area contributed by atoms with Gasteiger partial charge in [-0.25, -0.2) is 0 Å². The van der Waals surface area contributed by atoms with E-state index >= 15 is 0 Å². The largest absolute Gasteiger partial charge is 1.00 e. The molecule has 2 unspecified atom stereocenters. The zero-order valence-corrected chi connectivity index (χ0v) is 11.6. The summed E-state index contributed by atoms with van der Waals surface area (Å²) in [5, 5.41) is 8.67. The second-order valence-electron chi connectivity index (χ2n) is 3.10. The Labute approximate surface area is 97.2 Å². The van der Waals surface area contributed by atoms with Crippen molar-refractivity contribution < 1.29 is 31.9 Å². The fourth-order valence-electron chi connectivity index (χ4n) is 1.02. The third-order valence-corrected chi connectivity index (χ3v) is 2.02. The monoisotopic (exact) mass is 249 g/mol. The molecular weight excluding hydrogens is 239 g/mol. The van der Waals surface area contributed by atoms with Gasteiger partial charge in [-0.05, 0) is 6.92 Å². The van der Waals surface area contributed by atoms with Crippen molar-refractivity contribution in [2.75, 3.05) is 0 Å². The van der Waals surface area contributed by atoms with Crippen molar-refractivity contribution in [1.82, 2.24) is 0 Å². The van der Waals surface area contributed by atoms with Crippen molar-refractivity contribution in [2.24, 2.45) is 5.73 Å². The van der Waals surface area contributed by atoms with E-state index in [1.54, 1.807) is 6.92 Å². The summed E-state index contributed by atoms with van der Waals surface area (Å²) in [5.74, 6) is 0. The number of allylic oxidation sites excluding steroid dienone is 2. The first-order valence-corrected chi connectivity index (χ1v) is 3.58. The molecule has 0 aliphatic heterocycles. The summed E-state index contributed by atoms with van der Waals surface area (Å²) in [7, 11) is 0. The zero-order chi connectivity index (χ0) is 8.48. The van der Waals surface area contributed by atoms with Crippen LogP contribution in [0, 0.1) is 5.39 Å². The quantitative estimate of drug-likeness (QED) is 0.418. The fraction of sp³-hybridized carbons (Fsp3) is 0.500. The minimum Gasteiger partial charge on any atom is -1.00 e. The van der Waals surface area contributed by atoms with Crippen LogP contribution in [0.1, 0.15) is 13.8 Å². The topological polar surface area (TPSA) is 54.2 Å². The van der Waals surface area contributed by atoms with Crippen LogP contribution in [0.2, 0.25) is 0 Å². The average Bonchev–Trinajstić information content (AvgIpc) is 1.98. The predicted molar refractivity (Wildman–Crippen MR) is 44.4 cm³/mol.